The van der Waals surface area contributed by atoms with Crippen molar-refractivity contribution in [1.29, 1.82) is 0 Å². The van der Waals surface area contributed by atoms with Gasteiger partial charge in [0.25, 0.3) is 5.56 Å². The second-order valence-electron chi connectivity index (χ2n) is 10.3. The number of esters is 1. The van der Waals surface area contributed by atoms with Crippen molar-refractivity contribution in [2.24, 2.45) is 4.99 Å². The Bertz CT molecular complexity index is 1910. The number of hydrogen-bond donors (Lipinski definition) is 0. The van der Waals surface area contributed by atoms with E-state index in [0.29, 0.717) is 49.0 Å². The summed E-state index contributed by atoms with van der Waals surface area (Å²) < 4.78 is 39.3. The van der Waals surface area contributed by atoms with Crippen LogP contribution in [-0.4, -0.2) is 30.4 Å². The Kier molecular flexibility index (Phi) is 9.29. The van der Waals surface area contributed by atoms with Crippen molar-refractivity contribution in [2.45, 2.75) is 46.4 Å². The molecule has 0 saturated carbocycles. The summed E-state index contributed by atoms with van der Waals surface area (Å²) in [5.74, 6) is 0.409. The van der Waals surface area contributed by atoms with Gasteiger partial charge in [0.1, 0.15) is 24.2 Å². The third-order valence-corrected chi connectivity index (χ3v) is 7.92. The molecule has 228 valence electrons. The lowest BCUT2D eigenvalue weighted by Gasteiger charge is -2.26. The highest BCUT2D eigenvalue weighted by Crippen LogP contribution is 2.36. The first kappa shape index (κ1) is 30.7. The lowest BCUT2D eigenvalue weighted by Crippen LogP contribution is -2.40. The van der Waals surface area contributed by atoms with E-state index in [0.717, 1.165) is 0 Å². The molecule has 0 fully saturated rings. The molecule has 0 saturated heterocycles. The second-order valence-corrected chi connectivity index (χ2v) is 11.3. The van der Waals surface area contributed by atoms with Gasteiger partial charge in [-0.25, -0.2) is 14.2 Å². The summed E-state index contributed by atoms with van der Waals surface area (Å²) in [5, 5.41) is 0. The van der Waals surface area contributed by atoms with Crippen molar-refractivity contribution in [3.05, 3.63) is 120 Å². The highest BCUT2D eigenvalue weighted by molar-refractivity contribution is 7.07. The monoisotopic (exact) mass is 616 g/mol. The number of nitrogens with zero attached hydrogens (tertiary/aromatic N) is 2. The quantitative estimate of drug-likeness (QED) is 0.225. The topological polar surface area (TPSA) is 88.4 Å². The molecule has 1 aliphatic heterocycles. The first-order valence-electron chi connectivity index (χ1n) is 14.2. The van der Waals surface area contributed by atoms with E-state index in [1.54, 1.807) is 56.3 Å². The van der Waals surface area contributed by atoms with Gasteiger partial charge in [-0.3, -0.25) is 9.36 Å². The fourth-order valence-electron chi connectivity index (χ4n) is 5.02. The van der Waals surface area contributed by atoms with Crippen LogP contribution in [0.4, 0.5) is 4.39 Å². The minimum atomic E-state index is -0.829. The predicted molar refractivity (Wildman–Crippen MR) is 166 cm³/mol. The summed E-state index contributed by atoms with van der Waals surface area (Å²) in [6.07, 6.45) is 1.55. The summed E-state index contributed by atoms with van der Waals surface area (Å²) in [7, 11) is 1.51. The fraction of sp³-hybridized carbons (Fsp3) is 0.265. The lowest BCUT2D eigenvalue weighted by atomic mass is 9.95. The summed E-state index contributed by atoms with van der Waals surface area (Å²) in [5.41, 5.74) is 1.95. The van der Waals surface area contributed by atoms with Gasteiger partial charge in [0.05, 0.1) is 35.6 Å². The third kappa shape index (κ3) is 6.16. The SMILES string of the molecule is CCOC(=O)C1=C(C)N=c2s/c(=C\c3cccc(OC)c3OCc3ccccc3F)c(=O)n2[C@@H]1c1ccccc1OC(C)C. The molecule has 10 heteroatoms. The average molecular weight is 617 g/mol. The number of benzene rings is 3. The van der Waals surface area contributed by atoms with Crippen molar-refractivity contribution < 1.29 is 28.1 Å². The van der Waals surface area contributed by atoms with E-state index in [1.807, 2.05) is 38.1 Å². The highest BCUT2D eigenvalue weighted by Gasteiger charge is 2.35. The van der Waals surface area contributed by atoms with E-state index >= 15 is 0 Å². The van der Waals surface area contributed by atoms with Gasteiger partial charge in [-0.2, -0.15) is 0 Å². The fourth-order valence-corrected chi connectivity index (χ4v) is 6.06. The van der Waals surface area contributed by atoms with Crippen LogP contribution in [0.15, 0.2) is 87.8 Å². The van der Waals surface area contributed by atoms with Crippen LogP contribution < -0.4 is 29.1 Å². The number of allylic oxidation sites excluding steroid dienone is 1. The number of carbonyl (C=O) groups is 1. The zero-order chi connectivity index (χ0) is 31.4. The first-order valence-corrected chi connectivity index (χ1v) is 15.0. The molecule has 1 aromatic heterocycles. The van der Waals surface area contributed by atoms with Gasteiger partial charge in [-0.05, 0) is 52.0 Å². The van der Waals surface area contributed by atoms with Crippen LogP contribution in [0.3, 0.4) is 0 Å². The summed E-state index contributed by atoms with van der Waals surface area (Å²) in [6.45, 7) is 7.42. The molecule has 4 aromatic rings. The van der Waals surface area contributed by atoms with Gasteiger partial charge in [0.15, 0.2) is 16.3 Å². The summed E-state index contributed by atoms with van der Waals surface area (Å²) in [6, 6.07) is 18.2. The molecule has 0 N–H and O–H groups in total. The Hall–Kier alpha value is -4.70. The zero-order valence-corrected chi connectivity index (χ0v) is 25.9. The first-order chi connectivity index (χ1) is 21.2. The van der Waals surface area contributed by atoms with Crippen LogP contribution in [0, 0.1) is 5.82 Å². The third-order valence-electron chi connectivity index (χ3n) is 6.94. The normalized spacial score (nSPS) is 14.7. The van der Waals surface area contributed by atoms with E-state index in [9.17, 15) is 14.0 Å². The lowest BCUT2D eigenvalue weighted by molar-refractivity contribution is -0.139. The van der Waals surface area contributed by atoms with Crippen LogP contribution in [0.25, 0.3) is 6.08 Å². The van der Waals surface area contributed by atoms with Crippen LogP contribution in [0.1, 0.15) is 50.4 Å². The molecule has 5 rings (SSSR count). The molecule has 0 spiro atoms. The molecular formula is C34H33FN2O6S. The van der Waals surface area contributed by atoms with Gasteiger partial charge in [0, 0.05) is 16.7 Å². The van der Waals surface area contributed by atoms with Crippen molar-refractivity contribution in [3.63, 3.8) is 0 Å². The van der Waals surface area contributed by atoms with Gasteiger partial charge in [0.2, 0.25) is 0 Å². The highest BCUT2D eigenvalue weighted by atomic mass is 32.1. The number of carbonyl (C=O) groups excluding carboxylic acids is 1. The minimum absolute atomic E-state index is 0.0378. The standard InChI is InChI=1S/C34H33FN2O6S/c1-6-41-33(39)29-21(4)36-34-37(30(29)24-14-8-10-16-26(24)43-20(2)3)32(38)28(44-34)18-22-13-11-17-27(40-5)31(22)42-19-23-12-7-9-15-25(23)35/h7-18,20,30H,6,19H2,1-5H3/b28-18-/t30-/m1/s1. The Balaban J connectivity index is 1.67. The molecule has 1 atom stereocenters. The van der Waals surface area contributed by atoms with Gasteiger partial charge in [-0.1, -0.05) is 59.9 Å². The van der Waals surface area contributed by atoms with Crippen molar-refractivity contribution in [1.82, 2.24) is 4.57 Å². The molecular weight excluding hydrogens is 583 g/mol. The van der Waals surface area contributed by atoms with Crippen LogP contribution in [-0.2, 0) is 16.1 Å². The molecule has 0 radical (unpaired) electrons. The molecule has 0 unspecified atom stereocenters. The Morgan fingerprint density at radius 3 is 2.52 bits per heavy atom. The van der Waals surface area contributed by atoms with Crippen LogP contribution >= 0.6 is 11.3 Å². The van der Waals surface area contributed by atoms with Crippen molar-refractivity contribution in [3.8, 4) is 17.2 Å². The molecule has 1 aliphatic rings. The molecule has 0 aliphatic carbocycles. The van der Waals surface area contributed by atoms with E-state index in [4.69, 9.17) is 18.9 Å². The van der Waals surface area contributed by atoms with Crippen molar-refractivity contribution >= 4 is 23.4 Å². The Morgan fingerprint density at radius 1 is 1.07 bits per heavy atom. The number of ether oxygens (including phenoxy) is 4. The van der Waals surface area contributed by atoms with Crippen LogP contribution in [0.2, 0.25) is 0 Å². The second kappa shape index (κ2) is 13.3. The number of para-hydroxylation sites is 2. The predicted octanol–water partition coefficient (Wildman–Crippen LogP) is 5.31. The van der Waals surface area contributed by atoms with E-state index in [-0.39, 0.29) is 36.3 Å². The van der Waals surface area contributed by atoms with Gasteiger partial charge < -0.3 is 18.9 Å². The zero-order valence-electron chi connectivity index (χ0n) is 25.1. The Labute approximate surface area is 258 Å². The molecule has 44 heavy (non-hydrogen) atoms. The minimum Gasteiger partial charge on any atom is -0.493 e. The molecule has 8 nitrogen and oxygen atoms in total. The summed E-state index contributed by atoms with van der Waals surface area (Å²) in [4.78, 5) is 32.6. The number of hydrogen-bond acceptors (Lipinski definition) is 8. The number of aromatic nitrogens is 1. The number of rotatable bonds is 10. The van der Waals surface area contributed by atoms with Gasteiger partial charge >= 0.3 is 5.97 Å². The number of methoxy groups -OCH3 is 1. The van der Waals surface area contributed by atoms with E-state index in [2.05, 4.69) is 4.99 Å². The average Bonchev–Trinajstić information content (AvgIpc) is 3.30. The summed E-state index contributed by atoms with van der Waals surface area (Å²) >= 11 is 1.19. The maximum Gasteiger partial charge on any atom is 0.338 e. The molecule has 2 heterocycles. The maximum absolute atomic E-state index is 14.3. The van der Waals surface area contributed by atoms with E-state index in [1.165, 1.54) is 29.1 Å². The van der Waals surface area contributed by atoms with Crippen LogP contribution in [0.5, 0.6) is 17.2 Å². The Morgan fingerprint density at radius 2 is 1.80 bits per heavy atom. The number of thiazole rings is 1. The molecule has 0 amide bonds. The molecule has 3 aromatic carbocycles. The van der Waals surface area contributed by atoms with Gasteiger partial charge in [-0.15, -0.1) is 0 Å². The smallest absolute Gasteiger partial charge is 0.338 e. The number of halogens is 1. The number of fused-ring (bicyclic) bond motifs is 1. The van der Waals surface area contributed by atoms with E-state index < -0.39 is 12.0 Å². The molecule has 0 bridgehead atoms. The van der Waals surface area contributed by atoms with Crippen molar-refractivity contribution in [2.75, 3.05) is 13.7 Å². The maximum atomic E-state index is 14.3. The largest absolute Gasteiger partial charge is 0.493 e.